The summed E-state index contributed by atoms with van der Waals surface area (Å²) >= 11 is 0. The summed E-state index contributed by atoms with van der Waals surface area (Å²) in [6.45, 7) is 11.5. The molecule has 3 saturated heterocycles. The third-order valence-corrected chi connectivity index (χ3v) is 14.7. The Labute approximate surface area is 351 Å². The first-order chi connectivity index (χ1) is 29.4. The Morgan fingerprint density at radius 2 is 0.750 bits per heavy atom. The van der Waals surface area contributed by atoms with Crippen LogP contribution in [0.5, 0.6) is 0 Å². The van der Waals surface area contributed by atoms with Crippen LogP contribution in [-0.2, 0) is 34.0 Å². The van der Waals surface area contributed by atoms with Crippen LogP contribution in [0.3, 0.4) is 0 Å². The second kappa shape index (κ2) is 15.8. The molecule has 12 heteroatoms. The summed E-state index contributed by atoms with van der Waals surface area (Å²) in [5.41, 5.74) is 6.49. The molecule has 3 aliphatic heterocycles. The summed E-state index contributed by atoms with van der Waals surface area (Å²) in [6, 6.07) is 18.5. The van der Waals surface area contributed by atoms with Gasteiger partial charge in [0.15, 0.2) is 0 Å². The number of carbonyl (C=O) groups excluding carboxylic acids is 3. The van der Waals surface area contributed by atoms with Crippen molar-refractivity contribution < 1.29 is 14.4 Å². The van der Waals surface area contributed by atoms with Gasteiger partial charge in [-0.2, -0.15) is 15.3 Å². The van der Waals surface area contributed by atoms with Gasteiger partial charge in [0.2, 0.25) is 17.7 Å². The van der Waals surface area contributed by atoms with E-state index in [-0.39, 0.29) is 17.8 Å². The van der Waals surface area contributed by atoms with Crippen molar-refractivity contribution in [3.8, 4) is 0 Å². The van der Waals surface area contributed by atoms with Crippen molar-refractivity contribution in [3.63, 3.8) is 0 Å². The lowest BCUT2D eigenvalue weighted by atomic mass is 10.0. The number of nitrogens with zero attached hydrogens (tertiary/aromatic N) is 9. The molecule has 3 aromatic heterocycles. The second-order valence-corrected chi connectivity index (χ2v) is 17.7. The molecule has 0 radical (unpaired) electrons. The highest BCUT2D eigenvalue weighted by molar-refractivity contribution is 6.07. The lowest BCUT2D eigenvalue weighted by Gasteiger charge is -2.18. The van der Waals surface area contributed by atoms with Gasteiger partial charge >= 0.3 is 0 Å². The van der Waals surface area contributed by atoms with Crippen molar-refractivity contribution >= 4 is 67.5 Å². The molecule has 3 aliphatic carbocycles. The highest BCUT2D eigenvalue weighted by atomic mass is 16.2. The minimum Gasteiger partial charge on any atom is -0.311 e. The van der Waals surface area contributed by atoms with Gasteiger partial charge in [0, 0.05) is 73.2 Å². The Kier molecular flexibility index (Phi) is 10.2. The predicted molar refractivity (Wildman–Crippen MR) is 236 cm³/mol. The fraction of sp³-hybridized carbons (Fsp3) is 0.500. The molecule has 0 spiro atoms. The van der Waals surface area contributed by atoms with Crippen molar-refractivity contribution in [2.45, 2.75) is 98.2 Å². The highest BCUT2D eigenvalue weighted by Gasteiger charge is 2.46. The third kappa shape index (κ3) is 6.39. The van der Waals surface area contributed by atoms with Crippen LogP contribution in [0, 0.1) is 35.5 Å². The average Bonchev–Trinajstić information content (AvgIpc) is 4.12. The molecule has 6 atom stereocenters. The summed E-state index contributed by atoms with van der Waals surface area (Å²) in [5.74, 6) is 3.49. The van der Waals surface area contributed by atoms with Crippen LogP contribution in [0.1, 0.15) is 78.6 Å². The first kappa shape index (κ1) is 38.7. The maximum Gasteiger partial charge on any atom is 0.230 e. The number of fused-ring (bicyclic) bond motifs is 6. The van der Waals surface area contributed by atoms with Gasteiger partial charge in [-0.1, -0.05) is 37.5 Å². The Balaban J connectivity index is 0.000000108. The fourth-order valence-corrected chi connectivity index (χ4v) is 11.7. The van der Waals surface area contributed by atoms with Gasteiger partial charge in [0.05, 0.1) is 52.2 Å². The SMILES string of the molecule is CCn1ncc2c(N3CC4CCCC4C3=O)cccc21.CCn1ncc2c(N3C[C@@H]4CCC[C@@H]4C3=O)cccc21.CCn1ncc2c(N3C[C@H]4CCC[C@H]4C3=O)cccc21. The summed E-state index contributed by atoms with van der Waals surface area (Å²) < 4.78 is 5.96. The van der Waals surface area contributed by atoms with Crippen LogP contribution in [0.2, 0.25) is 0 Å². The predicted octanol–water partition coefficient (Wildman–Crippen LogP) is 8.46. The fourth-order valence-electron chi connectivity index (χ4n) is 11.7. The summed E-state index contributed by atoms with van der Waals surface area (Å²) in [4.78, 5) is 43.8. The van der Waals surface area contributed by atoms with Gasteiger partial charge in [-0.3, -0.25) is 28.4 Å². The van der Waals surface area contributed by atoms with Gasteiger partial charge in [-0.05, 0) is 113 Å². The number of rotatable bonds is 6. The third-order valence-electron chi connectivity index (χ3n) is 14.7. The van der Waals surface area contributed by atoms with E-state index in [0.717, 1.165) is 108 Å². The molecule has 3 aromatic carbocycles. The Hall–Kier alpha value is -5.52. The highest BCUT2D eigenvalue weighted by Crippen LogP contribution is 2.44. The van der Waals surface area contributed by atoms with E-state index in [1.165, 1.54) is 38.5 Å². The molecule has 6 fully saturated rings. The monoisotopic (exact) mass is 807 g/mol. The van der Waals surface area contributed by atoms with Crippen LogP contribution in [0.4, 0.5) is 17.1 Å². The first-order valence-electron chi connectivity index (χ1n) is 22.7. The maximum atomic E-state index is 12.6. The Bertz CT molecular complexity index is 2310. The molecular formula is C48H57N9O3. The minimum atomic E-state index is 0.270. The molecule has 6 aliphatic rings. The number of carbonyl (C=O) groups is 3. The number of benzene rings is 3. The molecule has 6 aromatic rings. The van der Waals surface area contributed by atoms with Crippen molar-refractivity contribution in [3.05, 3.63) is 73.2 Å². The molecule has 2 unspecified atom stereocenters. The minimum absolute atomic E-state index is 0.270. The zero-order valence-electron chi connectivity index (χ0n) is 35.2. The normalized spacial score (nSPS) is 25.6. The summed E-state index contributed by atoms with van der Waals surface area (Å²) in [5, 5.41) is 16.6. The van der Waals surface area contributed by atoms with E-state index in [1.54, 1.807) is 0 Å². The van der Waals surface area contributed by atoms with Crippen molar-refractivity contribution in [1.82, 2.24) is 29.3 Å². The number of anilines is 3. The first-order valence-corrected chi connectivity index (χ1v) is 22.7. The number of hydrogen-bond donors (Lipinski definition) is 0. The van der Waals surface area contributed by atoms with Gasteiger partial charge in [0.1, 0.15) is 0 Å². The van der Waals surface area contributed by atoms with Gasteiger partial charge < -0.3 is 14.7 Å². The number of aromatic nitrogens is 6. The molecule has 6 heterocycles. The average molecular weight is 808 g/mol. The van der Waals surface area contributed by atoms with E-state index < -0.39 is 0 Å². The van der Waals surface area contributed by atoms with Gasteiger partial charge in [-0.25, -0.2) is 0 Å². The van der Waals surface area contributed by atoms with E-state index in [2.05, 4.69) is 72.5 Å². The lowest BCUT2D eigenvalue weighted by molar-refractivity contribution is -0.121. The molecule has 3 amide bonds. The van der Waals surface area contributed by atoms with Crippen molar-refractivity contribution in [2.75, 3.05) is 34.3 Å². The topological polar surface area (TPSA) is 114 Å². The standard InChI is InChI=1S/3C16H19N3O/c3*1-2-19-15-8-4-7-14(13(15)9-17-19)18-10-11-5-3-6-12(11)16(18)20/h3*4,7-9,11-12H,2-3,5-6,10H2,1H3/t2*11-,12-;/m10./s1. The van der Waals surface area contributed by atoms with Crippen LogP contribution in [0.15, 0.2) is 73.2 Å². The van der Waals surface area contributed by atoms with Crippen LogP contribution in [0.25, 0.3) is 32.7 Å². The van der Waals surface area contributed by atoms with Crippen molar-refractivity contribution in [1.29, 1.82) is 0 Å². The van der Waals surface area contributed by atoms with Gasteiger partial charge in [0.25, 0.3) is 0 Å². The van der Waals surface area contributed by atoms with E-state index in [0.29, 0.717) is 35.5 Å². The largest absolute Gasteiger partial charge is 0.311 e. The summed E-state index contributed by atoms with van der Waals surface area (Å²) in [7, 11) is 0. The number of aryl methyl sites for hydroxylation is 3. The number of hydrogen-bond acceptors (Lipinski definition) is 6. The number of amides is 3. The molecule has 312 valence electrons. The lowest BCUT2D eigenvalue weighted by Crippen LogP contribution is -2.27. The van der Waals surface area contributed by atoms with Gasteiger partial charge in [-0.15, -0.1) is 0 Å². The molecule has 12 nitrogen and oxygen atoms in total. The zero-order valence-corrected chi connectivity index (χ0v) is 35.2. The molecule has 3 saturated carbocycles. The van der Waals surface area contributed by atoms with E-state index in [1.807, 2.05) is 65.5 Å². The zero-order chi connectivity index (χ0) is 41.1. The molecule has 0 N–H and O–H groups in total. The van der Waals surface area contributed by atoms with Crippen LogP contribution in [-0.4, -0.2) is 66.7 Å². The Morgan fingerprint density at radius 1 is 0.450 bits per heavy atom. The molecule has 60 heavy (non-hydrogen) atoms. The second-order valence-electron chi connectivity index (χ2n) is 17.7. The molecule has 0 bridgehead atoms. The molecule has 12 rings (SSSR count). The van der Waals surface area contributed by atoms with Crippen LogP contribution < -0.4 is 14.7 Å². The van der Waals surface area contributed by atoms with E-state index in [4.69, 9.17) is 0 Å². The van der Waals surface area contributed by atoms with E-state index >= 15 is 0 Å². The summed E-state index contributed by atoms with van der Waals surface area (Å²) in [6.07, 6.45) is 16.2. The smallest absolute Gasteiger partial charge is 0.230 e. The maximum absolute atomic E-state index is 12.6. The quantitative estimate of drug-likeness (QED) is 0.167. The Morgan fingerprint density at radius 3 is 1.02 bits per heavy atom. The van der Waals surface area contributed by atoms with Crippen LogP contribution >= 0.6 is 0 Å². The molecular weight excluding hydrogens is 751 g/mol. The van der Waals surface area contributed by atoms with Crippen molar-refractivity contribution in [2.24, 2.45) is 35.5 Å². The van der Waals surface area contributed by atoms with E-state index in [9.17, 15) is 14.4 Å².